The summed E-state index contributed by atoms with van der Waals surface area (Å²) in [4.78, 5) is 40.4. The van der Waals surface area contributed by atoms with Gasteiger partial charge in [0.1, 0.15) is 5.76 Å². The van der Waals surface area contributed by atoms with E-state index in [4.69, 9.17) is 4.42 Å². The van der Waals surface area contributed by atoms with Gasteiger partial charge < -0.3 is 14.6 Å². The topological polar surface area (TPSA) is 79.6 Å². The van der Waals surface area contributed by atoms with Crippen molar-refractivity contribution in [2.75, 3.05) is 19.4 Å². The van der Waals surface area contributed by atoms with E-state index in [0.29, 0.717) is 27.3 Å². The van der Waals surface area contributed by atoms with Gasteiger partial charge in [-0.1, -0.05) is 42.5 Å². The summed E-state index contributed by atoms with van der Waals surface area (Å²) in [6, 6.07) is 21.3. The number of amides is 2. The highest BCUT2D eigenvalue weighted by molar-refractivity contribution is 8.13. The minimum absolute atomic E-state index is 0.113. The Bertz CT molecular complexity index is 1410. The number of nitrogens with one attached hydrogen (secondary N) is 1. The van der Waals surface area contributed by atoms with Crippen molar-refractivity contribution in [1.82, 2.24) is 4.90 Å². The minimum atomic E-state index is -0.410. The van der Waals surface area contributed by atoms with Crippen molar-refractivity contribution >= 4 is 39.6 Å². The monoisotopic (exact) mass is 458 g/mol. The zero-order chi connectivity index (χ0) is 23.5. The lowest BCUT2D eigenvalue weighted by molar-refractivity contribution is 0.102. The Morgan fingerprint density at radius 2 is 1.67 bits per heavy atom. The summed E-state index contributed by atoms with van der Waals surface area (Å²) in [6.07, 6.45) is 0. The summed E-state index contributed by atoms with van der Waals surface area (Å²) < 4.78 is 6.14. The van der Waals surface area contributed by atoms with E-state index in [0.717, 1.165) is 17.3 Å². The van der Waals surface area contributed by atoms with Crippen LogP contribution in [0.25, 0.3) is 22.3 Å². The molecule has 1 aromatic heterocycles. The zero-order valence-corrected chi connectivity index (χ0v) is 19.2. The fourth-order valence-corrected chi connectivity index (χ4v) is 4.10. The Kier molecular flexibility index (Phi) is 6.33. The van der Waals surface area contributed by atoms with E-state index < -0.39 is 5.91 Å². The maximum atomic E-state index is 13.2. The number of thioether (sulfide) groups is 1. The Balaban J connectivity index is 1.72. The molecule has 4 rings (SSSR count). The van der Waals surface area contributed by atoms with Crippen LogP contribution in [0.4, 0.5) is 10.5 Å². The van der Waals surface area contributed by atoms with Gasteiger partial charge in [-0.15, -0.1) is 0 Å². The fraction of sp³-hybridized carbons (Fsp3) is 0.115. The van der Waals surface area contributed by atoms with Gasteiger partial charge in [0.05, 0.1) is 10.9 Å². The number of fused-ring (bicyclic) bond motifs is 1. The molecule has 1 N–H and O–H groups in total. The molecule has 3 aromatic carbocycles. The van der Waals surface area contributed by atoms with Crippen LogP contribution in [0, 0.1) is 6.92 Å². The second-order valence-electron chi connectivity index (χ2n) is 7.68. The molecule has 0 unspecified atom stereocenters. The van der Waals surface area contributed by atoms with Crippen molar-refractivity contribution < 1.29 is 14.0 Å². The largest absolute Gasteiger partial charge is 0.455 e. The average Bonchev–Trinajstić information content (AvgIpc) is 2.81. The van der Waals surface area contributed by atoms with E-state index in [1.54, 1.807) is 63.5 Å². The number of hydrogen-bond donors (Lipinski definition) is 1. The van der Waals surface area contributed by atoms with E-state index in [9.17, 15) is 14.4 Å². The molecule has 4 aromatic rings. The molecule has 0 saturated carbocycles. The third-order valence-corrected chi connectivity index (χ3v) is 6.12. The smallest absolute Gasteiger partial charge is 0.285 e. The molecule has 166 valence electrons. The van der Waals surface area contributed by atoms with Crippen LogP contribution in [0.2, 0.25) is 0 Å². The molecule has 6 nitrogen and oxygen atoms in total. The van der Waals surface area contributed by atoms with Gasteiger partial charge in [0, 0.05) is 35.8 Å². The number of benzene rings is 3. The molecule has 7 heteroatoms. The van der Waals surface area contributed by atoms with Gasteiger partial charge in [-0.05, 0) is 49.0 Å². The van der Waals surface area contributed by atoms with Crippen LogP contribution >= 0.6 is 11.8 Å². The third kappa shape index (κ3) is 4.68. The lowest BCUT2D eigenvalue weighted by Gasteiger charge is -2.12. The van der Waals surface area contributed by atoms with E-state index in [2.05, 4.69) is 5.32 Å². The number of carbonyl (C=O) groups excluding carboxylic acids is 2. The first-order valence-corrected chi connectivity index (χ1v) is 11.1. The molecule has 1 heterocycles. The van der Waals surface area contributed by atoms with Gasteiger partial charge in [-0.3, -0.25) is 14.4 Å². The molecule has 0 fully saturated rings. The van der Waals surface area contributed by atoms with Crippen LogP contribution < -0.4 is 10.7 Å². The summed E-state index contributed by atoms with van der Waals surface area (Å²) in [5.74, 6) is 0.0293. The average molecular weight is 459 g/mol. The molecule has 0 bridgehead atoms. The highest BCUT2D eigenvalue weighted by Gasteiger charge is 2.19. The Hall–Kier alpha value is -3.84. The van der Waals surface area contributed by atoms with Crippen LogP contribution in [-0.4, -0.2) is 30.1 Å². The first-order chi connectivity index (χ1) is 15.8. The molecule has 33 heavy (non-hydrogen) atoms. The number of hydrogen-bond acceptors (Lipinski definition) is 5. The number of nitrogens with zero attached hydrogens (tertiary/aromatic N) is 1. The standard InChI is InChI=1S/C26H22N2O4S/c1-16-22(29)20-13-8-14-21(24(20)32-23(16)17-9-5-4-6-10-17)25(30)27-18-11-7-12-19(15-18)33-26(31)28(2)3/h4-15H,1-3H3,(H,27,30). The van der Waals surface area contributed by atoms with E-state index in [1.165, 1.54) is 4.90 Å². The van der Waals surface area contributed by atoms with Crippen molar-refractivity contribution in [3.8, 4) is 11.3 Å². The van der Waals surface area contributed by atoms with Crippen molar-refractivity contribution in [1.29, 1.82) is 0 Å². The van der Waals surface area contributed by atoms with E-state index >= 15 is 0 Å². The normalized spacial score (nSPS) is 10.8. The first-order valence-electron chi connectivity index (χ1n) is 10.3. The second kappa shape index (κ2) is 9.34. The molecule has 0 atom stereocenters. The number of anilines is 1. The van der Waals surface area contributed by atoms with Crippen LogP contribution in [0.3, 0.4) is 0 Å². The second-order valence-corrected chi connectivity index (χ2v) is 8.70. The van der Waals surface area contributed by atoms with Crippen molar-refractivity contribution in [3.05, 3.63) is 94.1 Å². The van der Waals surface area contributed by atoms with Crippen LogP contribution in [0.15, 0.2) is 86.9 Å². The summed E-state index contributed by atoms with van der Waals surface area (Å²) in [7, 11) is 3.36. The van der Waals surface area contributed by atoms with Gasteiger partial charge in [0.2, 0.25) is 0 Å². The number of rotatable bonds is 4. The predicted molar refractivity (Wildman–Crippen MR) is 132 cm³/mol. The summed E-state index contributed by atoms with van der Waals surface area (Å²) in [6.45, 7) is 1.72. The Morgan fingerprint density at radius 3 is 2.39 bits per heavy atom. The molecule has 0 saturated heterocycles. The van der Waals surface area contributed by atoms with E-state index in [1.807, 2.05) is 30.3 Å². The zero-order valence-electron chi connectivity index (χ0n) is 18.4. The molecule has 0 spiro atoms. The van der Waals surface area contributed by atoms with Crippen molar-refractivity contribution in [2.45, 2.75) is 11.8 Å². The van der Waals surface area contributed by atoms with Gasteiger partial charge in [0.25, 0.3) is 11.1 Å². The lowest BCUT2D eigenvalue weighted by Crippen LogP contribution is -2.16. The van der Waals surface area contributed by atoms with Crippen LogP contribution in [-0.2, 0) is 0 Å². The minimum Gasteiger partial charge on any atom is -0.455 e. The van der Waals surface area contributed by atoms with Crippen LogP contribution in [0.1, 0.15) is 15.9 Å². The van der Waals surface area contributed by atoms with Gasteiger partial charge >= 0.3 is 0 Å². The molecule has 0 radical (unpaired) electrons. The molecule has 0 aliphatic rings. The third-order valence-electron chi connectivity index (χ3n) is 5.09. The first kappa shape index (κ1) is 22.4. The summed E-state index contributed by atoms with van der Waals surface area (Å²) in [5, 5.41) is 3.08. The Morgan fingerprint density at radius 1 is 0.939 bits per heavy atom. The van der Waals surface area contributed by atoms with Gasteiger partial charge in [0.15, 0.2) is 11.0 Å². The Labute approximate surface area is 195 Å². The summed E-state index contributed by atoms with van der Waals surface area (Å²) in [5.41, 5.74) is 2.10. The number of para-hydroxylation sites is 1. The molecule has 0 aliphatic carbocycles. The molecular formula is C26H22N2O4S. The maximum Gasteiger partial charge on any atom is 0.285 e. The molecular weight excluding hydrogens is 436 g/mol. The lowest BCUT2D eigenvalue weighted by atomic mass is 10.0. The predicted octanol–water partition coefficient (Wildman–Crippen LogP) is 5.79. The van der Waals surface area contributed by atoms with Crippen molar-refractivity contribution in [3.63, 3.8) is 0 Å². The van der Waals surface area contributed by atoms with Crippen molar-refractivity contribution in [2.24, 2.45) is 0 Å². The summed E-state index contributed by atoms with van der Waals surface area (Å²) >= 11 is 1.07. The SMILES string of the molecule is Cc1c(-c2ccccc2)oc2c(C(=O)Nc3cccc(SC(=O)N(C)C)c3)cccc2c1=O. The maximum absolute atomic E-state index is 13.2. The highest BCUT2D eigenvalue weighted by atomic mass is 32.2. The fourth-order valence-electron chi connectivity index (χ4n) is 3.38. The van der Waals surface area contributed by atoms with Gasteiger partial charge in [-0.2, -0.15) is 0 Å². The molecule has 2 amide bonds. The quantitative estimate of drug-likeness (QED) is 0.391. The highest BCUT2D eigenvalue weighted by Crippen LogP contribution is 2.28. The number of carbonyl (C=O) groups is 2. The van der Waals surface area contributed by atoms with Crippen LogP contribution in [0.5, 0.6) is 0 Å². The molecule has 0 aliphatic heterocycles. The van der Waals surface area contributed by atoms with Gasteiger partial charge in [-0.25, -0.2) is 0 Å². The van der Waals surface area contributed by atoms with E-state index in [-0.39, 0.29) is 21.8 Å².